The van der Waals surface area contributed by atoms with Crippen LogP contribution in [0.15, 0.2) is 16.7 Å². The third-order valence-electron chi connectivity index (χ3n) is 1.66. The van der Waals surface area contributed by atoms with Crippen LogP contribution in [-0.2, 0) is 16.0 Å². The lowest BCUT2D eigenvalue weighted by molar-refractivity contribution is -0.142. The minimum Gasteiger partial charge on any atom is -0.466 e. The van der Waals surface area contributed by atoms with E-state index in [1.807, 2.05) is 6.07 Å². The van der Waals surface area contributed by atoms with E-state index >= 15 is 0 Å². The van der Waals surface area contributed by atoms with Crippen LogP contribution in [0.2, 0.25) is 0 Å². The molecule has 5 heteroatoms. The fourth-order valence-corrected chi connectivity index (χ4v) is 1.52. The second-order valence-electron chi connectivity index (χ2n) is 2.77. The van der Waals surface area contributed by atoms with Crippen molar-refractivity contribution >= 4 is 21.9 Å². The first-order chi connectivity index (χ1) is 7.17. The molecule has 0 aromatic carbocycles. The molecule has 1 rings (SSSR count). The maximum atomic E-state index is 11.1. The van der Waals surface area contributed by atoms with E-state index in [4.69, 9.17) is 10.00 Å². The molecule has 1 aromatic rings. The van der Waals surface area contributed by atoms with Gasteiger partial charge in [-0.3, -0.25) is 4.79 Å². The molecular formula is C10H9BrN2O2. The zero-order valence-corrected chi connectivity index (χ0v) is 9.74. The highest BCUT2D eigenvalue weighted by molar-refractivity contribution is 9.10. The molecule has 0 saturated heterocycles. The van der Waals surface area contributed by atoms with E-state index in [0.717, 1.165) is 5.56 Å². The SMILES string of the molecule is CCOC(=O)Cc1cnc(C#N)c(Br)c1. The van der Waals surface area contributed by atoms with Crippen LogP contribution in [-0.4, -0.2) is 17.6 Å². The average Bonchev–Trinajstić information content (AvgIpc) is 2.18. The number of aromatic nitrogens is 1. The van der Waals surface area contributed by atoms with Crippen LogP contribution >= 0.6 is 15.9 Å². The topological polar surface area (TPSA) is 63.0 Å². The molecule has 0 radical (unpaired) electrons. The van der Waals surface area contributed by atoms with Crippen LogP contribution in [0, 0.1) is 11.3 Å². The van der Waals surface area contributed by atoms with Gasteiger partial charge in [0.2, 0.25) is 0 Å². The summed E-state index contributed by atoms with van der Waals surface area (Å²) in [5.74, 6) is -0.295. The van der Waals surface area contributed by atoms with Crippen molar-refractivity contribution in [2.75, 3.05) is 6.61 Å². The number of carbonyl (C=O) groups is 1. The predicted octanol–water partition coefficient (Wildman–Crippen LogP) is 1.82. The Labute approximate surface area is 96.0 Å². The van der Waals surface area contributed by atoms with E-state index in [1.165, 1.54) is 6.20 Å². The maximum Gasteiger partial charge on any atom is 0.310 e. The highest BCUT2D eigenvalue weighted by atomic mass is 79.9. The zero-order chi connectivity index (χ0) is 11.3. The van der Waals surface area contributed by atoms with Crippen LogP contribution in [0.1, 0.15) is 18.2 Å². The molecule has 0 spiro atoms. The molecule has 1 heterocycles. The molecule has 4 nitrogen and oxygen atoms in total. The molecule has 0 N–H and O–H groups in total. The normalized spacial score (nSPS) is 9.40. The summed E-state index contributed by atoms with van der Waals surface area (Å²) in [5.41, 5.74) is 1.03. The summed E-state index contributed by atoms with van der Waals surface area (Å²) in [6, 6.07) is 3.62. The number of hydrogen-bond acceptors (Lipinski definition) is 4. The number of pyridine rings is 1. The predicted molar refractivity (Wildman–Crippen MR) is 57.0 cm³/mol. The molecule has 15 heavy (non-hydrogen) atoms. The largest absolute Gasteiger partial charge is 0.466 e. The molecule has 0 fully saturated rings. The van der Waals surface area contributed by atoms with E-state index in [0.29, 0.717) is 16.8 Å². The Kier molecular flexibility index (Phi) is 4.25. The second kappa shape index (κ2) is 5.47. The van der Waals surface area contributed by atoms with Crippen LogP contribution in [0.25, 0.3) is 0 Å². The smallest absolute Gasteiger partial charge is 0.310 e. The molecule has 0 unspecified atom stereocenters. The number of esters is 1. The number of ether oxygens (including phenoxy) is 1. The number of carbonyl (C=O) groups excluding carboxylic acids is 1. The molecule has 0 saturated carbocycles. The van der Waals surface area contributed by atoms with Gasteiger partial charge in [0, 0.05) is 6.20 Å². The van der Waals surface area contributed by atoms with Gasteiger partial charge in [0.05, 0.1) is 17.5 Å². The van der Waals surface area contributed by atoms with E-state index in [1.54, 1.807) is 13.0 Å². The molecule has 78 valence electrons. The quantitative estimate of drug-likeness (QED) is 0.785. The zero-order valence-electron chi connectivity index (χ0n) is 8.16. The Balaban J connectivity index is 2.76. The standard InChI is InChI=1S/C10H9BrN2O2/c1-2-15-10(14)4-7-3-8(11)9(5-12)13-6-7/h3,6H,2,4H2,1H3. The molecule has 0 bridgehead atoms. The molecule has 0 aliphatic rings. The Bertz CT molecular complexity index is 412. The highest BCUT2D eigenvalue weighted by Crippen LogP contribution is 2.15. The van der Waals surface area contributed by atoms with Crippen LogP contribution in [0.5, 0.6) is 0 Å². The molecular weight excluding hydrogens is 260 g/mol. The molecule has 0 amide bonds. The first-order valence-electron chi connectivity index (χ1n) is 4.37. The van der Waals surface area contributed by atoms with Crippen molar-refractivity contribution in [2.24, 2.45) is 0 Å². The van der Waals surface area contributed by atoms with Crippen LogP contribution in [0.4, 0.5) is 0 Å². The van der Waals surface area contributed by atoms with Crippen molar-refractivity contribution in [3.63, 3.8) is 0 Å². The fraction of sp³-hybridized carbons (Fsp3) is 0.300. The Hall–Kier alpha value is -1.41. The fourth-order valence-electron chi connectivity index (χ4n) is 1.04. The first kappa shape index (κ1) is 11.7. The Morgan fingerprint density at radius 1 is 1.73 bits per heavy atom. The summed E-state index contributed by atoms with van der Waals surface area (Å²) in [6.45, 7) is 2.12. The summed E-state index contributed by atoms with van der Waals surface area (Å²) in [6.07, 6.45) is 1.67. The van der Waals surface area contributed by atoms with Gasteiger partial charge in [0.1, 0.15) is 6.07 Å². The third kappa shape index (κ3) is 3.33. The van der Waals surface area contributed by atoms with Crippen molar-refractivity contribution in [1.82, 2.24) is 4.98 Å². The number of nitriles is 1. The van der Waals surface area contributed by atoms with Gasteiger partial charge in [-0.2, -0.15) is 5.26 Å². The van der Waals surface area contributed by atoms with Crippen molar-refractivity contribution in [2.45, 2.75) is 13.3 Å². The van der Waals surface area contributed by atoms with Gasteiger partial charge < -0.3 is 4.74 Å². The van der Waals surface area contributed by atoms with E-state index in [-0.39, 0.29) is 12.4 Å². The maximum absolute atomic E-state index is 11.1. The minimum absolute atomic E-state index is 0.172. The summed E-state index contributed by atoms with van der Waals surface area (Å²) in [7, 11) is 0. The first-order valence-corrected chi connectivity index (χ1v) is 5.16. The summed E-state index contributed by atoms with van der Waals surface area (Å²) in [5, 5.41) is 8.64. The Morgan fingerprint density at radius 2 is 2.47 bits per heavy atom. The van der Waals surface area contributed by atoms with Crippen molar-refractivity contribution in [3.8, 4) is 6.07 Å². The number of halogens is 1. The van der Waals surface area contributed by atoms with Crippen molar-refractivity contribution in [3.05, 3.63) is 28.0 Å². The molecule has 1 aromatic heterocycles. The van der Waals surface area contributed by atoms with E-state index in [9.17, 15) is 4.79 Å². The lowest BCUT2D eigenvalue weighted by atomic mass is 10.2. The van der Waals surface area contributed by atoms with Crippen molar-refractivity contribution < 1.29 is 9.53 Å². The van der Waals surface area contributed by atoms with Crippen LogP contribution < -0.4 is 0 Å². The van der Waals surface area contributed by atoms with Crippen LogP contribution in [0.3, 0.4) is 0 Å². The number of rotatable bonds is 3. The van der Waals surface area contributed by atoms with Gasteiger partial charge in [0.15, 0.2) is 5.69 Å². The van der Waals surface area contributed by atoms with Gasteiger partial charge in [-0.15, -0.1) is 0 Å². The average molecular weight is 269 g/mol. The summed E-state index contributed by atoms with van der Waals surface area (Å²) in [4.78, 5) is 15.0. The van der Waals surface area contributed by atoms with E-state index in [2.05, 4.69) is 20.9 Å². The lowest BCUT2D eigenvalue weighted by Gasteiger charge is -2.02. The van der Waals surface area contributed by atoms with Gasteiger partial charge >= 0.3 is 5.97 Å². The molecule has 0 aliphatic heterocycles. The lowest BCUT2D eigenvalue weighted by Crippen LogP contribution is -2.07. The minimum atomic E-state index is -0.295. The summed E-state index contributed by atoms with van der Waals surface area (Å²) >= 11 is 3.20. The third-order valence-corrected chi connectivity index (χ3v) is 2.26. The Morgan fingerprint density at radius 3 is 3.00 bits per heavy atom. The molecule has 0 atom stereocenters. The van der Waals surface area contributed by atoms with E-state index < -0.39 is 0 Å². The highest BCUT2D eigenvalue weighted by Gasteiger charge is 2.07. The second-order valence-corrected chi connectivity index (χ2v) is 3.62. The van der Waals surface area contributed by atoms with Gasteiger partial charge in [-0.1, -0.05) is 0 Å². The summed E-state index contributed by atoms with van der Waals surface area (Å²) < 4.78 is 5.38. The monoisotopic (exact) mass is 268 g/mol. The molecule has 0 aliphatic carbocycles. The number of hydrogen-bond donors (Lipinski definition) is 0. The van der Waals surface area contributed by atoms with Gasteiger partial charge in [0.25, 0.3) is 0 Å². The number of nitrogens with zero attached hydrogens (tertiary/aromatic N) is 2. The van der Waals surface area contributed by atoms with Crippen molar-refractivity contribution in [1.29, 1.82) is 5.26 Å². The van der Waals surface area contributed by atoms with Gasteiger partial charge in [-0.25, -0.2) is 4.98 Å². The van der Waals surface area contributed by atoms with Gasteiger partial charge in [-0.05, 0) is 34.5 Å².